The molecule has 2 N–H and O–H groups in total. The molecule has 2 rings (SSSR count). The second-order valence-electron chi connectivity index (χ2n) is 5.70. The van der Waals surface area contributed by atoms with Crippen LogP contribution in [0.15, 0.2) is 30.3 Å². The molecule has 5 heteroatoms. The van der Waals surface area contributed by atoms with Crippen molar-refractivity contribution in [3.63, 3.8) is 0 Å². The zero-order valence-corrected chi connectivity index (χ0v) is 12.3. The van der Waals surface area contributed by atoms with E-state index in [1.54, 1.807) is 7.05 Å². The van der Waals surface area contributed by atoms with Crippen molar-refractivity contribution in [3.05, 3.63) is 35.9 Å². The van der Waals surface area contributed by atoms with Crippen molar-refractivity contribution in [2.24, 2.45) is 5.92 Å². The summed E-state index contributed by atoms with van der Waals surface area (Å²) in [4.78, 5) is 23.7. The first-order valence-electron chi connectivity index (χ1n) is 7.32. The molecular weight excluding hydrogens is 268 g/mol. The van der Waals surface area contributed by atoms with Crippen molar-refractivity contribution >= 4 is 12.0 Å². The Balaban J connectivity index is 1.64. The number of benzene rings is 1. The molecule has 1 saturated carbocycles. The fourth-order valence-electron chi connectivity index (χ4n) is 2.63. The molecule has 0 bridgehead atoms. The molecule has 1 aliphatic rings. The Bertz CT molecular complexity index is 484. The van der Waals surface area contributed by atoms with Crippen LogP contribution < -0.4 is 5.32 Å². The maximum absolute atomic E-state index is 11.8. The van der Waals surface area contributed by atoms with E-state index >= 15 is 0 Å². The van der Waals surface area contributed by atoms with Crippen LogP contribution in [0.3, 0.4) is 0 Å². The van der Waals surface area contributed by atoms with Gasteiger partial charge in [0.2, 0.25) is 0 Å². The van der Waals surface area contributed by atoms with Crippen LogP contribution in [-0.2, 0) is 4.79 Å². The molecule has 114 valence electrons. The van der Waals surface area contributed by atoms with Crippen LogP contribution in [0.5, 0.6) is 0 Å². The molecule has 0 atom stereocenters. The van der Waals surface area contributed by atoms with E-state index < -0.39 is 5.97 Å². The normalized spacial score (nSPS) is 20.4. The second-order valence-corrected chi connectivity index (χ2v) is 5.70. The molecule has 0 unspecified atom stereocenters. The highest BCUT2D eigenvalue weighted by atomic mass is 16.4. The van der Waals surface area contributed by atoms with Gasteiger partial charge in [-0.15, -0.1) is 0 Å². The smallest absolute Gasteiger partial charge is 0.317 e. The van der Waals surface area contributed by atoms with Gasteiger partial charge in [-0.05, 0) is 30.2 Å². The first-order chi connectivity index (χ1) is 10.1. The number of amides is 2. The largest absolute Gasteiger partial charge is 0.481 e. The lowest BCUT2D eigenvalue weighted by molar-refractivity contribution is -0.137. The van der Waals surface area contributed by atoms with Gasteiger partial charge in [0.15, 0.2) is 0 Å². The quantitative estimate of drug-likeness (QED) is 0.844. The first kappa shape index (κ1) is 15.4. The van der Waals surface area contributed by atoms with Gasteiger partial charge in [-0.3, -0.25) is 4.79 Å². The predicted octanol–water partition coefficient (Wildman–Crippen LogP) is 2.30. The fourth-order valence-corrected chi connectivity index (χ4v) is 2.63. The Hall–Kier alpha value is -2.04. The molecule has 1 fully saturated rings. The van der Waals surface area contributed by atoms with Crippen LogP contribution >= 0.6 is 0 Å². The van der Waals surface area contributed by atoms with E-state index in [0.717, 1.165) is 12.8 Å². The van der Waals surface area contributed by atoms with Gasteiger partial charge in [0.1, 0.15) is 0 Å². The van der Waals surface area contributed by atoms with E-state index in [1.807, 2.05) is 6.07 Å². The standard InChI is InChI=1S/C16H22N2O3/c1-18(8-7-15(19)20)16(21)17-11-12-9-14(10-12)13-5-3-2-4-6-13/h2-6,12,14H,7-11H2,1H3,(H,17,21)(H,19,20). The number of hydrogen-bond donors (Lipinski definition) is 2. The van der Waals surface area contributed by atoms with Gasteiger partial charge in [0, 0.05) is 20.1 Å². The predicted molar refractivity (Wildman–Crippen MR) is 80.2 cm³/mol. The number of carboxylic acid groups (broad SMARTS) is 1. The molecule has 2 amide bonds. The first-order valence-corrected chi connectivity index (χ1v) is 7.32. The average molecular weight is 290 g/mol. The van der Waals surface area contributed by atoms with Crippen LogP contribution in [0.25, 0.3) is 0 Å². The Kier molecular flexibility index (Phi) is 5.20. The topological polar surface area (TPSA) is 69.6 Å². The lowest BCUT2D eigenvalue weighted by Gasteiger charge is -2.36. The third-order valence-corrected chi connectivity index (χ3v) is 4.06. The minimum absolute atomic E-state index is 0.0244. The summed E-state index contributed by atoms with van der Waals surface area (Å²) in [6.07, 6.45) is 2.18. The Morgan fingerprint density at radius 3 is 2.57 bits per heavy atom. The minimum Gasteiger partial charge on any atom is -0.481 e. The van der Waals surface area contributed by atoms with Gasteiger partial charge in [-0.25, -0.2) is 4.79 Å². The lowest BCUT2D eigenvalue weighted by Crippen LogP contribution is -2.42. The average Bonchev–Trinajstić information content (AvgIpc) is 2.43. The number of carboxylic acids is 1. The number of carbonyl (C=O) groups is 2. The van der Waals surface area contributed by atoms with E-state index in [9.17, 15) is 9.59 Å². The molecule has 0 heterocycles. The summed E-state index contributed by atoms with van der Waals surface area (Å²) >= 11 is 0. The number of nitrogens with one attached hydrogen (secondary N) is 1. The summed E-state index contributed by atoms with van der Waals surface area (Å²) in [5, 5.41) is 11.5. The van der Waals surface area contributed by atoms with Gasteiger partial charge in [0.25, 0.3) is 0 Å². The van der Waals surface area contributed by atoms with Gasteiger partial charge >= 0.3 is 12.0 Å². The molecule has 0 aliphatic heterocycles. The highest BCUT2D eigenvalue weighted by Gasteiger charge is 2.30. The number of urea groups is 1. The molecule has 21 heavy (non-hydrogen) atoms. The van der Waals surface area contributed by atoms with Crippen LogP contribution in [-0.4, -0.2) is 42.1 Å². The Labute approximate surface area is 125 Å². The molecule has 0 spiro atoms. The molecule has 5 nitrogen and oxygen atoms in total. The number of hydrogen-bond acceptors (Lipinski definition) is 2. The summed E-state index contributed by atoms with van der Waals surface area (Å²) in [5.74, 6) is 0.240. The Morgan fingerprint density at radius 2 is 1.95 bits per heavy atom. The second kappa shape index (κ2) is 7.11. The molecule has 0 saturated heterocycles. The van der Waals surface area contributed by atoms with Crippen LogP contribution in [0.1, 0.15) is 30.7 Å². The lowest BCUT2D eigenvalue weighted by atomic mass is 9.71. The third-order valence-electron chi connectivity index (χ3n) is 4.06. The van der Waals surface area contributed by atoms with E-state index in [4.69, 9.17) is 5.11 Å². The van der Waals surface area contributed by atoms with Crippen molar-refractivity contribution in [1.29, 1.82) is 0 Å². The number of aliphatic carboxylic acids is 1. The molecule has 1 aromatic carbocycles. The summed E-state index contributed by atoms with van der Waals surface area (Å²) in [6, 6.07) is 10.2. The van der Waals surface area contributed by atoms with Crippen molar-refractivity contribution in [1.82, 2.24) is 10.2 Å². The monoisotopic (exact) mass is 290 g/mol. The van der Waals surface area contributed by atoms with E-state index in [1.165, 1.54) is 10.5 Å². The summed E-state index contributed by atoms with van der Waals surface area (Å²) < 4.78 is 0. The summed E-state index contributed by atoms with van der Waals surface area (Å²) in [7, 11) is 1.62. The van der Waals surface area contributed by atoms with Gasteiger partial charge in [-0.1, -0.05) is 30.3 Å². The van der Waals surface area contributed by atoms with Crippen LogP contribution in [0.2, 0.25) is 0 Å². The zero-order valence-electron chi connectivity index (χ0n) is 12.3. The fraction of sp³-hybridized carbons (Fsp3) is 0.500. The number of carbonyl (C=O) groups excluding carboxylic acids is 1. The Morgan fingerprint density at radius 1 is 1.29 bits per heavy atom. The van der Waals surface area contributed by atoms with Crippen LogP contribution in [0.4, 0.5) is 4.79 Å². The van der Waals surface area contributed by atoms with E-state index in [-0.39, 0.29) is 19.0 Å². The maximum atomic E-state index is 11.8. The summed E-state index contributed by atoms with van der Waals surface area (Å²) in [5.41, 5.74) is 1.37. The highest BCUT2D eigenvalue weighted by molar-refractivity contribution is 5.75. The van der Waals surface area contributed by atoms with E-state index in [0.29, 0.717) is 18.4 Å². The molecule has 1 aliphatic carbocycles. The van der Waals surface area contributed by atoms with E-state index in [2.05, 4.69) is 29.6 Å². The molecule has 0 aromatic heterocycles. The van der Waals surface area contributed by atoms with Gasteiger partial charge < -0.3 is 15.3 Å². The van der Waals surface area contributed by atoms with Crippen LogP contribution in [0, 0.1) is 5.92 Å². The number of rotatable bonds is 6. The van der Waals surface area contributed by atoms with Crippen molar-refractivity contribution in [3.8, 4) is 0 Å². The molecule has 1 aromatic rings. The highest BCUT2D eigenvalue weighted by Crippen LogP contribution is 2.40. The molecule has 0 radical (unpaired) electrons. The minimum atomic E-state index is -0.889. The summed E-state index contributed by atoms with van der Waals surface area (Å²) in [6.45, 7) is 0.901. The van der Waals surface area contributed by atoms with Crippen molar-refractivity contribution < 1.29 is 14.7 Å². The SMILES string of the molecule is CN(CCC(=O)O)C(=O)NCC1CC(c2ccccc2)C1. The van der Waals surface area contributed by atoms with Gasteiger partial charge in [0.05, 0.1) is 6.42 Å². The zero-order chi connectivity index (χ0) is 15.2. The number of nitrogens with zero attached hydrogens (tertiary/aromatic N) is 1. The van der Waals surface area contributed by atoms with Crippen molar-refractivity contribution in [2.75, 3.05) is 20.1 Å². The third kappa shape index (κ3) is 4.48. The van der Waals surface area contributed by atoms with Crippen molar-refractivity contribution in [2.45, 2.75) is 25.2 Å². The van der Waals surface area contributed by atoms with Gasteiger partial charge in [-0.2, -0.15) is 0 Å². The molecular formula is C16H22N2O3. The maximum Gasteiger partial charge on any atom is 0.317 e.